The summed E-state index contributed by atoms with van der Waals surface area (Å²) in [4.78, 5) is 18.7. The SMILES string of the molecule is Cc1ccccc1C1C2CC(CO)CN2CCN1C(=O)N(C)Cc1cc(C(F)(F)F)cc(C(F)(F)F)c1. The van der Waals surface area contributed by atoms with Crippen LogP contribution in [0.3, 0.4) is 0 Å². The van der Waals surface area contributed by atoms with Crippen molar-refractivity contribution >= 4 is 6.03 Å². The number of aliphatic hydroxyl groups excluding tert-OH is 1. The summed E-state index contributed by atoms with van der Waals surface area (Å²) in [6, 6.07) is 8.09. The molecule has 0 radical (unpaired) electrons. The van der Waals surface area contributed by atoms with Gasteiger partial charge in [0.15, 0.2) is 0 Å². The van der Waals surface area contributed by atoms with Gasteiger partial charge < -0.3 is 14.9 Å². The molecule has 0 aromatic heterocycles. The lowest BCUT2D eigenvalue weighted by Crippen LogP contribution is -2.56. The summed E-state index contributed by atoms with van der Waals surface area (Å²) in [5, 5.41) is 9.74. The highest BCUT2D eigenvalue weighted by Gasteiger charge is 2.46. The Morgan fingerprint density at radius 3 is 2.22 bits per heavy atom. The minimum absolute atomic E-state index is 0.0262. The molecule has 37 heavy (non-hydrogen) atoms. The van der Waals surface area contributed by atoms with Crippen LogP contribution in [-0.4, -0.2) is 65.2 Å². The molecule has 0 aliphatic carbocycles. The number of urea groups is 1. The Labute approximate surface area is 211 Å². The number of hydrogen-bond acceptors (Lipinski definition) is 3. The number of aliphatic hydroxyl groups is 1. The van der Waals surface area contributed by atoms with Crippen LogP contribution >= 0.6 is 0 Å². The number of piperazine rings is 1. The van der Waals surface area contributed by atoms with Crippen molar-refractivity contribution in [1.29, 1.82) is 0 Å². The number of nitrogens with zero attached hydrogens (tertiary/aromatic N) is 3. The fraction of sp³-hybridized carbons (Fsp3) is 0.500. The van der Waals surface area contributed by atoms with Crippen molar-refractivity contribution in [3.63, 3.8) is 0 Å². The average molecular weight is 530 g/mol. The highest BCUT2D eigenvalue weighted by molar-refractivity contribution is 5.75. The molecule has 0 bridgehead atoms. The van der Waals surface area contributed by atoms with Gasteiger partial charge in [-0.3, -0.25) is 4.90 Å². The van der Waals surface area contributed by atoms with Gasteiger partial charge in [-0.2, -0.15) is 26.3 Å². The molecule has 2 aromatic carbocycles. The third-order valence-electron chi connectivity index (χ3n) is 7.27. The van der Waals surface area contributed by atoms with Gasteiger partial charge in [0, 0.05) is 45.9 Å². The van der Waals surface area contributed by atoms with Crippen molar-refractivity contribution in [1.82, 2.24) is 14.7 Å². The van der Waals surface area contributed by atoms with E-state index in [9.17, 15) is 36.2 Å². The molecular weight excluding hydrogens is 500 g/mol. The lowest BCUT2D eigenvalue weighted by atomic mass is 9.89. The van der Waals surface area contributed by atoms with Crippen LogP contribution in [-0.2, 0) is 18.9 Å². The van der Waals surface area contributed by atoms with Gasteiger partial charge in [-0.05, 0) is 54.2 Å². The van der Waals surface area contributed by atoms with E-state index in [-0.39, 0.29) is 36.2 Å². The Bertz CT molecular complexity index is 1100. The number of amides is 2. The maximum atomic E-state index is 13.6. The van der Waals surface area contributed by atoms with E-state index in [0.29, 0.717) is 38.2 Å². The minimum Gasteiger partial charge on any atom is -0.396 e. The Balaban J connectivity index is 1.64. The summed E-state index contributed by atoms with van der Waals surface area (Å²) in [6.07, 6.45) is -9.25. The summed E-state index contributed by atoms with van der Waals surface area (Å²) in [5.41, 5.74) is -1.19. The molecule has 0 spiro atoms. The van der Waals surface area contributed by atoms with E-state index in [1.54, 1.807) is 4.90 Å². The number of carbonyl (C=O) groups is 1. The predicted molar refractivity (Wildman–Crippen MR) is 124 cm³/mol. The van der Waals surface area contributed by atoms with Gasteiger partial charge in [-0.25, -0.2) is 4.79 Å². The minimum atomic E-state index is -4.96. The fourth-order valence-corrected chi connectivity index (χ4v) is 5.51. The van der Waals surface area contributed by atoms with Gasteiger partial charge in [-0.1, -0.05) is 24.3 Å². The fourth-order valence-electron chi connectivity index (χ4n) is 5.51. The van der Waals surface area contributed by atoms with Crippen molar-refractivity contribution < 1.29 is 36.2 Å². The second-order valence-corrected chi connectivity index (χ2v) is 9.89. The zero-order valence-corrected chi connectivity index (χ0v) is 20.5. The van der Waals surface area contributed by atoms with Gasteiger partial charge in [-0.15, -0.1) is 0 Å². The first-order chi connectivity index (χ1) is 17.3. The molecule has 202 valence electrons. The van der Waals surface area contributed by atoms with Crippen LogP contribution < -0.4 is 0 Å². The maximum absolute atomic E-state index is 13.6. The normalized spacial score (nSPS) is 22.7. The third-order valence-corrected chi connectivity index (χ3v) is 7.27. The van der Waals surface area contributed by atoms with E-state index < -0.39 is 36.1 Å². The summed E-state index contributed by atoms with van der Waals surface area (Å²) in [7, 11) is 1.38. The molecule has 2 aromatic rings. The van der Waals surface area contributed by atoms with Gasteiger partial charge in [0.1, 0.15) is 0 Å². The van der Waals surface area contributed by atoms with Gasteiger partial charge in [0.25, 0.3) is 0 Å². The highest BCUT2D eigenvalue weighted by atomic mass is 19.4. The van der Waals surface area contributed by atoms with E-state index >= 15 is 0 Å². The Hall–Kier alpha value is -2.79. The molecular formula is C26H29F6N3O2. The van der Waals surface area contributed by atoms with E-state index in [0.717, 1.165) is 16.0 Å². The molecule has 2 fully saturated rings. The molecule has 3 atom stereocenters. The average Bonchev–Trinajstić information content (AvgIpc) is 3.26. The number of carbonyl (C=O) groups excluding carboxylic acids is 1. The second kappa shape index (κ2) is 10.2. The van der Waals surface area contributed by atoms with Crippen LogP contribution in [0.15, 0.2) is 42.5 Å². The Kier molecular flexibility index (Phi) is 7.49. The monoisotopic (exact) mass is 529 g/mol. The molecule has 2 amide bonds. The lowest BCUT2D eigenvalue weighted by Gasteiger charge is -2.46. The molecule has 2 saturated heterocycles. The summed E-state index contributed by atoms with van der Waals surface area (Å²) >= 11 is 0. The van der Waals surface area contributed by atoms with Crippen molar-refractivity contribution in [2.75, 3.05) is 33.3 Å². The molecule has 2 heterocycles. The first kappa shape index (κ1) is 27.3. The summed E-state index contributed by atoms with van der Waals surface area (Å²) in [6.45, 7) is 3.14. The van der Waals surface area contributed by atoms with Crippen molar-refractivity contribution in [3.8, 4) is 0 Å². The van der Waals surface area contributed by atoms with E-state index in [2.05, 4.69) is 4.90 Å². The summed E-state index contributed by atoms with van der Waals surface area (Å²) in [5.74, 6) is 0.0650. The molecule has 4 rings (SSSR count). The van der Waals surface area contributed by atoms with Crippen LogP contribution in [0.2, 0.25) is 0 Å². The van der Waals surface area contributed by atoms with Crippen molar-refractivity contribution in [3.05, 3.63) is 70.3 Å². The molecule has 1 N–H and O–H groups in total. The first-order valence-electron chi connectivity index (χ1n) is 12.0. The second-order valence-electron chi connectivity index (χ2n) is 9.89. The molecule has 0 saturated carbocycles. The number of fused-ring (bicyclic) bond motifs is 1. The van der Waals surface area contributed by atoms with Gasteiger partial charge in [0.2, 0.25) is 0 Å². The zero-order chi connectivity index (χ0) is 27.1. The number of benzene rings is 2. The van der Waals surface area contributed by atoms with Crippen LogP contribution in [0.5, 0.6) is 0 Å². The van der Waals surface area contributed by atoms with Gasteiger partial charge in [0.05, 0.1) is 17.2 Å². The zero-order valence-electron chi connectivity index (χ0n) is 20.5. The third kappa shape index (κ3) is 5.72. The standard InChI is InChI=1S/C26H29F6N3O2/c1-16-5-3-4-6-21(16)23-22-11-18(15-36)14-34(22)7-8-35(23)24(37)33(2)13-17-9-19(25(27,28)29)12-20(10-17)26(30,31)32/h3-6,9-10,12,18,22-23,36H,7-8,11,13-15H2,1-2H3. The largest absolute Gasteiger partial charge is 0.416 e. The number of alkyl halides is 6. The summed E-state index contributed by atoms with van der Waals surface area (Å²) < 4.78 is 79.8. The molecule has 3 unspecified atom stereocenters. The lowest BCUT2D eigenvalue weighted by molar-refractivity contribution is -0.143. The maximum Gasteiger partial charge on any atom is 0.416 e. The Morgan fingerprint density at radius 2 is 1.65 bits per heavy atom. The Morgan fingerprint density at radius 1 is 1.03 bits per heavy atom. The number of rotatable bonds is 4. The van der Waals surface area contributed by atoms with Gasteiger partial charge >= 0.3 is 18.4 Å². The smallest absolute Gasteiger partial charge is 0.396 e. The van der Waals surface area contributed by atoms with E-state index in [1.165, 1.54) is 7.05 Å². The van der Waals surface area contributed by atoms with E-state index in [4.69, 9.17) is 0 Å². The molecule has 5 nitrogen and oxygen atoms in total. The van der Waals surface area contributed by atoms with Crippen molar-refractivity contribution in [2.24, 2.45) is 5.92 Å². The predicted octanol–water partition coefficient (Wildman–Crippen LogP) is 5.32. The quantitative estimate of drug-likeness (QED) is 0.546. The van der Waals surface area contributed by atoms with Crippen LogP contribution in [0.25, 0.3) is 0 Å². The number of hydrogen-bond donors (Lipinski definition) is 1. The van der Waals surface area contributed by atoms with Crippen LogP contribution in [0.4, 0.5) is 31.1 Å². The first-order valence-corrected chi connectivity index (χ1v) is 12.0. The molecule has 2 aliphatic heterocycles. The topological polar surface area (TPSA) is 47.0 Å². The molecule has 11 heteroatoms. The highest BCUT2D eigenvalue weighted by Crippen LogP contribution is 2.41. The number of halogens is 6. The van der Waals surface area contributed by atoms with E-state index in [1.807, 2.05) is 31.2 Å². The molecule has 2 aliphatic rings. The van der Waals surface area contributed by atoms with Crippen molar-refractivity contribution in [2.45, 2.75) is 44.3 Å². The van der Waals surface area contributed by atoms with Crippen LogP contribution in [0.1, 0.15) is 40.3 Å². The number of aryl methyl sites for hydroxylation is 1. The van der Waals surface area contributed by atoms with Crippen LogP contribution in [0, 0.1) is 12.8 Å².